The lowest BCUT2D eigenvalue weighted by atomic mass is 10.2. The van der Waals surface area contributed by atoms with Gasteiger partial charge in [0.1, 0.15) is 0 Å². The third-order valence-corrected chi connectivity index (χ3v) is 7.25. The molecular formula is C24H17N5O2S2. The summed E-state index contributed by atoms with van der Waals surface area (Å²) in [7, 11) is 0. The van der Waals surface area contributed by atoms with Crippen molar-refractivity contribution in [3.8, 4) is 16.5 Å². The quantitative estimate of drug-likeness (QED) is 0.315. The molecule has 0 saturated carbocycles. The van der Waals surface area contributed by atoms with E-state index in [1.54, 1.807) is 22.2 Å². The Kier molecular flexibility index (Phi) is 4.85. The third kappa shape index (κ3) is 3.37. The summed E-state index contributed by atoms with van der Waals surface area (Å²) in [6.45, 7) is 1.98. The summed E-state index contributed by atoms with van der Waals surface area (Å²) in [4.78, 5) is 18.1. The van der Waals surface area contributed by atoms with Gasteiger partial charge >= 0.3 is 0 Å². The van der Waals surface area contributed by atoms with Crippen LogP contribution < -0.4 is 5.56 Å². The van der Waals surface area contributed by atoms with Gasteiger partial charge < -0.3 is 4.42 Å². The number of benzene rings is 2. The topological polar surface area (TPSA) is 78.2 Å². The van der Waals surface area contributed by atoms with Gasteiger partial charge in [-0.05, 0) is 42.8 Å². The molecule has 2 aromatic carbocycles. The highest BCUT2D eigenvalue weighted by molar-refractivity contribution is 7.98. The molecule has 0 spiro atoms. The van der Waals surface area contributed by atoms with E-state index in [-0.39, 0.29) is 5.56 Å². The SMILES string of the molecule is Cc1ccccc1-n1c(=O)c2ccccc2n2c(SCc3csc(-c4ccco4)n3)nnc12. The maximum absolute atomic E-state index is 13.5. The first-order chi connectivity index (χ1) is 16.2. The zero-order chi connectivity index (χ0) is 22.4. The van der Waals surface area contributed by atoms with Gasteiger partial charge in [-0.25, -0.2) is 9.55 Å². The van der Waals surface area contributed by atoms with Crippen molar-refractivity contribution in [2.45, 2.75) is 17.8 Å². The van der Waals surface area contributed by atoms with Gasteiger partial charge in [0.15, 0.2) is 15.9 Å². The predicted octanol–water partition coefficient (Wildman–Crippen LogP) is 5.35. The summed E-state index contributed by atoms with van der Waals surface area (Å²) in [5.74, 6) is 1.87. The number of thiazole rings is 1. The van der Waals surface area contributed by atoms with Crippen LogP contribution in [0.25, 0.3) is 33.1 Å². The molecular weight excluding hydrogens is 454 g/mol. The van der Waals surface area contributed by atoms with Crippen LogP contribution in [0.3, 0.4) is 0 Å². The fourth-order valence-electron chi connectivity index (χ4n) is 3.83. The lowest BCUT2D eigenvalue weighted by molar-refractivity contribution is 0.581. The predicted molar refractivity (Wildman–Crippen MR) is 130 cm³/mol. The Balaban J connectivity index is 1.46. The number of nitrogens with zero attached hydrogens (tertiary/aromatic N) is 5. The van der Waals surface area contributed by atoms with Crippen molar-refractivity contribution in [2.24, 2.45) is 0 Å². The van der Waals surface area contributed by atoms with Crippen LogP contribution in [0.5, 0.6) is 0 Å². The van der Waals surface area contributed by atoms with E-state index in [9.17, 15) is 4.79 Å². The second kappa shape index (κ2) is 8.02. The smallest absolute Gasteiger partial charge is 0.267 e. The van der Waals surface area contributed by atoms with E-state index in [0.717, 1.165) is 33.2 Å². The Morgan fingerprint density at radius 3 is 2.73 bits per heavy atom. The number of thioether (sulfide) groups is 1. The monoisotopic (exact) mass is 471 g/mol. The van der Waals surface area contributed by atoms with Crippen LogP contribution in [-0.2, 0) is 5.75 Å². The third-order valence-electron chi connectivity index (χ3n) is 5.38. The molecule has 6 aromatic rings. The largest absolute Gasteiger partial charge is 0.462 e. The molecule has 0 aliphatic rings. The van der Waals surface area contributed by atoms with Gasteiger partial charge in [0.25, 0.3) is 5.56 Å². The average Bonchev–Trinajstić information content (AvgIpc) is 3.60. The van der Waals surface area contributed by atoms with Gasteiger partial charge in [-0.2, -0.15) is 0 Å². The summed E-state index contributed by atoms with van der Waals surface area (Å²) < 4.78 is 9.04. The van der Waals surface area contributed by atoms with Gasteiger partial charge in [-0.3, -0.25) is 9.20 Å². The molecule has 0 aliphatic heterocycles. The Bertz CT molecular complexity index is 1660. The first-order valence-electron chi connectivity index (χ1n) is 10.3. The summed E-state index contributed by atoms with van der Waals surface area (Å²) >= 11 is 3.08. The zero-order valence-electron chi connectivity index (χ0n) is 17.5. The molecule has 162 valence electrons. The molecule has 4 aromatic heterocycles. The molecule has 6 rings (SSSR count). The van der Waals surface area contributed by atoms with Gasteiger partial charge in [0.2, 0.25) is 5.78 Å². The first kappa shape index (κ1) is 20.0. The second-order valence-corrected chi connectivity index (χ2v) is 9.27. The Hall–Kier alpha value is -3.69. The van der Waals surface area contributed by atoms with E-state index in [2.05, 4.69) is 15.2 Å². The summed E-state index contributed by atoms with van der Waals surface area (Å²) in [5.41, 5.74) is 3.39. The van der Waals surface area contributed by atoms with Crippen molar-refractivity contribution in [2.75, 3.05) is 0 Å². The van der Waals surface area contributed by atoms with Crippen LogP contribution in [0.15, 0.2) is 86.7 Å². The number of hydrogen-bond donors (Lipinski definition) is 0. The van der Waals surface area contributed by atoms with Crippen molar-refractivity contribution in [1.82, 2.24) is 24.1 Å². The summed E-state index contributed by atoms with van der Waals surface area (Å²) in [6, 6.07) is 19.1. The van der Waals surface area contributed by atoms with Crippen molar-refractivity contribution in [1.29, 1.82) is 0 Å². The number of rotatable bonds is 5. The molecule has 0 radical (unpaired) electrons. The molecule has 0 saturated heterocycles. The Morgan fingerprint density at radius 2 is 1.88 bits per heavy atom. The summed E-state index contributed by atoms with van der Waals surface area (Å²) in [6.07, 6.45) is 1.65. The van der Waals surface area contributed by atoms with E-state index in [1.165, 1.54) is 11.8 Å². The molecule has 0 atom stereocenters. The lowest BCUT2D eigenvalue weighted by Gasteiger charge is -2.13. The number of aromatic nitrogens is 5. The normalized spacial score (nSPS) is 11.5. The Morgan fingerprint density at radius 1 is 1.03 bits per heavy atom. The van der Waals surface area contributed by atoms with Gasteiger partial charge in [-0.15, -0.1) is 21.5 Å². The molecule has 0 bridgehead atoms. The number of aryl methyl sites for hydroxylation is 1. The van der Waals surface area contributed by atoms with Crippen molar-refractivity contribution < 1.29 is 4.42 Å². The number of para-hydroxylation sites is 2. The fraction of sp³-hybridized carbons (Fsp3) is 0.0833. The molecule has 0 fully saturated rings. The molecule has 7 nitrogen and oxygen atoms in total. The fourth-order valence-corrected chi connectivity index (χ4v) is 5.55. The van der Waals surface area contributed by atoms with Crippen LogP contribution in [0, 0.1) is 6.92 Å². The van der Waals surface area contributed by atoms with Crippen LogP contribution in [0.4, 0.5) is 0 Å². The van der Waals surface area contributed by atoms with E-state index >= 15 is 0 Å². The van der Waals surface area contributed by atoms with Gasteiger partial charge in [-0.1, -0.05) is 42.1 Å². The van der Waals surface area contributed by atoms with E-state index < -0.39 is 0 Å². The van der Waals surface area contributed by atoms with E-state index in [4.69, 9.17) is 4.42 Å². The molecule has 33 heavy (non-hydrogen) atoms. The highest BCUT2D eigenvalue weighted by Crippen LogP contribution is 2.29. The minimum Gasteiger partial charge on any atom is -0.462 e. The second-order valence-electron chi connectivity index (χ2n) is 7.47. The number of fused-ring (bicyclic) bond motifs is 3. The van der Waals surface area contributed by atoms with E-state index in [0.29, 0.717) is 22.1 Å². The number of furan rings is 1. The minimum atomic E-state index is -0.112. The molecule has 0 amide bonds. The van der Waals surface area contributed by atoms with Crippen molar-refractivity contribution in [3.63, 3.8) is 0 Å². The van der Waals surface area contributed by atoms with E-state index in [1.807, 2.05) is 77.4 Å². The highest BCUT2D eigenvalue weighted by atomic mass is 32.2. The van der Waals surface area contributed by atoms with Gasteiger partial charge in [0, 0.05) is 11.1 Å². The zero-order valence-corrected chi connectivity index (χ0v) is 19.1. The lowest BCUT2D eigenvalue weighted by Crippen LogP contribution is -2.22. The average molecular weight is 472 g/mol. The minimum absolute atomic E-state index is 0.112. The molecule has 0 N–H and O–H groups in total. The van der Waals surface area contributed by atoms with Crippen LogP contribution in [0.2, 0.25) is 0 Å². The summed E-state index contributed by atoms with van der Waals surface area (Å²) in [5, 5.41) is 13.1. The van der Waals surface area contributed by atoms with Gasteiger partial charge in [0.05, 0.1) is 28.5 Å². The number of hydrogen-bond acceptors (Lipinski definition) is 7. The molecule has 9 heteroatoms. The standard InChI is InChI=1S/C24H17N5O2S2/c1-15-7-2-4-9-18(15)28-22(30)17-8-3-5-10-19(17)29-23(28)26-27-24(29)33-14-16-13-32-21(25-16)20-11-6-12-31-20/h2-13H,14H2,1H3. The van der Waals surface area contributed by atoms with Crippen LogP contribution in [0.1, 0.15) is 11.3 Å². The van der Waals surface area contributed by atoms with Crippen molar-refractivity contribution >= 4 is 39.8 Å². The molecule has 4 heterocycles. The van der Waals surface area contributed by atoms with Crippen LogP contribution in [-0.4, -0.2) is 24.1 Å². The molecule has 0 unspecified atom stereocenters. The molecule has 0 aliphatic carbocycles. The Labute approximate surface area is 196 Å². The highest BCUT2D eigenvalue weighted by Gasteiger charge is 2.19. The maximum Gasteiger partial charge on any atom is 0.267 e. The van der Waals surface area contributed by atoms with Crippen molar-refractivity contribution in [3.05, 3.63) is 93.9 Å². The maximum atomic E-state index is 13.5. The van der Waals surface area contributed by atoms with Crippen LogP contribution >= 0.6 is 23.1 Å². The first-order valence-corrected chi connectivity index (χ1v) is 12.1.